The normalized spacial score (nSPS) is 27.0. The first-order valence-corrected chi connectivity index (χ1v) is 7.77. The van der Waals surface area contributed by atoms with E-state index in [1.165, 1.54) is 6.42 Å². The van der Waals surface area contributed by atoms with Gasteiger partial charge in [-0.3, -0.25) is 9.59 Å². The molecule has 3 rings (SSSR count). The quantitative estimate of drug-likeness (QED) is 0.929. The lowest BCUT2D eigenvalue weighted by Gasteiger charge is -2.36. The number of hydrogen-bond donors (Lipinski definition) is 1. The highest BCUT2D eigenvalue weighted by Crippen LogP contribution is 2.42. The van der Waals surface area contributed by atoms with Crippen LogP contribution < -0.4 is 0 Å². The predicted molar refractivity (Wildman–Crippen MR) is 78.6 cm³/mol. The molecule has 2 aliphatic rings. The average molecular weight is 287 g/mol. The largest absolute Gasteiger partial charge is 0.481 e. The van der Waals surface area contributed by atoms with Crippen LogP contribution in [-0.4, -0.2) is 27.9 Å². The smallest absolute Gasteiger partial charge is 0.309 e. The lowest BCUT2D eigenvalue weighted by atomic mass is 9.90. The van der Waals surface area contributed by atoms with Crippen LogP contribution in [0.2, 0.25) is 0 Å². The number of carbonyl (C=O) groups excluding carboxylic acids is 1. The van der Waals surface area contributed by atoms with Crippen molar-refractivity contribution >= 4 is 11.9 Å². The third-order valence-corrected chi connectivity index (χ3v) is 4.79. The Bertz CT molecular complexity index is 522. The molecule has 1 heterocycles. The van der Waals surface area contributed by atoms with Crippen molar-refractivity contribution < 1.29 is 14.7 Å². The molecule has 0 radical (unpaired) electrons. The summed E-state index contributed by atoms with van der Waals surface area (Å²) in [5.74, 6) is -1.49. The molecule has 1 aliphatic heterocycles. The average Bonchev–Trinajstić information content (AvgIpc) is 2.87. The topological polar surface area (TPSA) is 57.6 Å². The molecule has 2 atom stereocenters. The number of aliphatic carboxylic acids is 1. The number of likely N-dealkylation sites (tertiary alicyclic amines) is 1. The van der Waals surface area contributed by atoms with Gasteiger partial charge in [0.15, 0.2) is 0 Å². The number of benzene rings is 1. The van der Waals surface area contributed by atoms with E-state index in [9.17, 15) is 14.7 Å². The predicted octanol–water partition coefficient (Wildman–Crippen LogP) is 2.99. The first-order chi connectivity index (χ1) is 10.2. The number of rotatable bonds is 3. The van der Waals surface area contributed by atoms with Gasteiger partial charge in [0.25, 0.3) is 0 Å². The van der Waals surface area contributed by atoms with E-state index in [-0.39, 0.29) is 24.4 Å². The van der Waals surface area contributed by atoms with Crippen molar-refractivity contribution in [2.75, 3.05) is 0 Å². The summed E-state index contributed by atoms with van der Waals surface area (Å²) < 4.78 is 0. The van der Waals surface area contributed by atoms with Gasteiger partial charge in [0.1, 0.15) is 0 Å². The lowest BCUT2D eigenvalue weighted by Crippen LogP contribution is -2.40. The Morgan fingerprint density at radius 3 is 2.38 bits per heavy atom. The fourth-order valence-electron chi connectivity index (χ4n) is 3.81. The summed E-state index contributed by atoms with van der Waals surface area (Å²) in [5, 5.41) is 9.50. The van der Waals surface area contributed by atoms with Gasteiger partial charge in [-0.25, -0.2) is 0 Å². The van der Waals surface area contributed by atoms with E-state index >= 15 is 0 Å². The molecule has 4 heteroatoms. The highest BCUT2D eigenvalue weighted by molar-refractivity contribution is 5.87. The molecule has 112 valence electrons. The molecular weight excluding hydrogens is 266 g/mol. The molecule has 0 spiro atoms. The van der Waals surface area contributed by atoms with Crippen LogP contribution in [0.25, 0.3) is 0 Å². The van der Waals surface area contributed by atoms with Crippen molar-refractivity contribution in [3.8, 4) is 0 Å². The second kappa shape index (κ2) is 5.88. The van der Waals surface area contributed by atoms with Crippen molar-refractivity contribution in [2.45, 2.75) is 50.6 Å². The number of amides is 1. The molecule has 1 N–H and O–H groups in total. The SMILES string of the molecule is O=C(O)[C@@H]1CC(=O)N(C2CCCCC2)[C@@H]1c1ccccc1. The minimum atomic E-state index is -0.865. The van der Waals surface area contributed by atoms with Crippen LogP contribution in [0, 0.1) is 5.92 Å². The molecule has 1 amide bonds. The third kappa shape index (κ3) is 2.67. The van der Waals surface area contributed by atoms with Crippen LogP contribution in [0.1, 0.15) is 50.1 Å². The van der Waals surface area contributed by atoms with Gasteiger partial charge in [0.2, 0.25) is 5.91 Å². The minimum Gasteiger partial charge on any atom is -0.481 e. The maximum atomic E-state index is 12.4. The van der Waals surface area contributed by atoms with Gasteiger partial charge in [0.05, 0.1) is 12.0 Å². The summed E-state index contributed by atoms with van der Waals surface area (Å²) in [7, 11) is 0. The molecule has 21 heavy (non-hydrogen) atoms. The van der Waals surface area contributed by atoms with Gasteiger partial charge < -0.3 is 10.0 Å². The van der Waals surface area contributed by atoms with Crippen molar-refractivity contribution in [2.24, 2.45) is 5.92 Å². The standard InChI is InChI=1S/C17H21NO3/c19-15-11-14(17(20)21)16(12-7-3-1-4-8-12)18(15)13-9-5-2-6-10-13/h1,3-4,7-8,13-14,16H,2,5-6,9-11H2,(H,20,21)/t14-,16-/m1/s1. The highest BCUT2D eigenvalue weighted by atomic mass is 16.4. The zero-order chi connectivity index (χ0) is 14.8. The van der Waals surface area contributed by atoms with Crippen LogP contribution >= 0.6 is 0 Å². The van der Waals surface area contributed by atoms with Gasteiger partial charge in [-0.05, 0) is 18.4 Å². The van der Waals surface area contributed by atoms with Gasteiger partial charge in [-0.1, -0.05) is 49.6 Å². The van der Waals surface area contributed by atoms with Crippen molar-refractivity contribution in [3.05, 3.63) is 35.9 Å². The fraction of sp³-hybridized carbons (Fsp3) is 0.529. The Kier molecular flexibility index (Phi) is 3.95. The molecule has 0 bridgehead atoms. The van der Waals surface area contributed by atoms with Crippen molar-refractivity contribution in [1.82, 2.24) is 4.90 Å². The van der Waals surface area contributed by atoms with E-state index in [1.54, 1.807) is 0 Å². The number of hydrogen-bond acceptors (Lipinski definition) is 2. The van der Waals surface area contributed by atoms with Gasteiger partial charge in [-0.15, -0.1) is 0 Å². The maximum absolute atomic E-state index is 12.4. The maximum Gasteiger partial charge on any atom is 0.309 e. The molecule has 2 fully saturated rings. The van der Waals surface area contributed by atoms with Crippen LogP contribution in [0.4, 0.5) is 0 Å². The third-order valence-electron chi connectivity index (χ3n) is 4.79. The zero-order valence-corrected chi connectivity index (χ0v) is 12.1. The number of nitrogens with zero attached hydrogens (tertiary/aromatic N) is 1. The van der Waals surface area contributed by atoms with Crippen LogP contribution in [-0.2, 0) is 9.59 Å². The Hall–Kier alpha value is -1.84. The van der Waals surface area contributed by atoms with Crippen LogP contribution in [0.15, 0.2) is 30.3 Å². The van der Waals surface area contributed by atoms with Crippen molar-refractivity contribution in [3.63, 3.8) is 0 Å². The molecular formula is C17H21NO3. The number of carboxylic acid groups (broad SMARTS) is 1. The Labute approximate surface area is 124 Å². The molecule has 4 nitrogen and oxygen atoms in total. The molecule has 1 aromatic rings. The van der Waals surface area contributed by atoms with E-state index in [0.717, 1.165) is 31.2 Å². The summed E-state index contributed by atoms with van der Waals surface area (Å²) in [6, 6.07) is 9.53. The number of carbonyl (C=O) groups is 2. The first-order valence-electron chi connectivity index (χ1n) is 7.77. The van der Waals surface area contributed by atoms with E-state index in [2.05, 4.69) is 0 Å². The molecule has 0 unspecified atom stereocenters. The van der Waals surface area contributed by atoms with E-state index < -0.39 is 11.9 Å². The summed E-state index contributed by atoms with van der Waals surface area (Å²) in [6.45, 7) is 0. The molecule has 1 saturated heterocycles. The highest BCUT2D eigenvalue weighted by Gasteiger charge is 2.47. The van der Waals surface area contributed by atoms with Gasteiger partial charge in [-0.2, -0.15) is 0 Å². The van der Waals surface area contributed by atoms with E-state index in [1.807, 2.05) is 35.2 Å². The van der Waals surface area contributed by atoms with Crippen LogP contribution in [0.5, 0.6) is 0 Å². The summed E-state index contributed by atoms with van der Waals surface area (Å²) in [6.07, 6.45) is 5.62. The minimum absolute atomic E-state index is 0.00292. The first kappa shape index (κ1) is 14.1. The Morgan fingerprint density at radius 1 is 1.10 bits per heavy atom. The van der Waals surface area contributed by atoms with E-state index in [4.69, 9.17) is 0 Å². The van der Waals surface area contributed by atoms with Gasteiger partial charge in [0, 0.05) is 12.5 Å². The number of carboxylic acids is 1. The van der Waals surface area contributed by atoms with Crippen LogP contribution in [0.3, 0.4) is 0 Å². The summed E-state index contributed by atoms with van der Waals surface area (Å²) in [5.41, 5.74) is 0.946. The Morgan fingerprint density at radius 2 is 1.76 bits per heavy atom. The Balaban J connectivity index is 1.95. The second-order valence-electron chi connectivity index (χ2n) is 6.10. The van der Waals surface area contributed by atoms with Gasteiger partial charge >= 0.3 is 5.97 Å². The molecule has 1 saturated carbocycles. The lowest BCUT2D eigenvalue weighted by molar-refractivity contribution is -0.142. The summed E-state index contributed by atoms with van der Waals surface area (Å²) >= 11 is 0. The fourth-order valence-corrected chi connectivity index (χ4v) is 3.81. The molecule has 1 aliphatic carbocycles. The van der Waals surface area contributed by atoms with E-state index in [0.29, 0.717) is 0 Å². The molecule has 1 aromatic carbocycles. The second-order valence-corrected chi connectivity index (χ2v) is 6.10. The monoisotopic (exact) mass is 287 g/mol. The summed E-state index contributed by atoms with van der Waals surface area (Å²) in [4.78, 5) is 25.9. The zero-order valence-electron chi connectivity index (χ0n) is 12.1. The molecule has 0 aromatic heterocycles. The van der Waals surface area contributed by atoms with Crippen molar-refractivity contribution in [1.29, 1.82) is 0 Å².